The predicted molar refractivity (Wildman–Crippen MR) is 112 cm³/mol. The van der Waals surface area contributed by atoms with Crippen LogP contribution < -0.4 is 10.6 Å². The van der Waals surface area contributed by atoms with Gasteiger partial charge in [-0.15, -0.1) is 0 Å². The van der Waals surface area contributed by atoms with Gasteiger partial charge in [0.2, 0.25) is 5.91 Å². The maximum atomic E-state index is 11.2. The fourth-order valence-corrected chi connectivity index (χ4v) is 2.97. The summed E-state index contributed by atoms with van der Waals surface area (Å²) < 4.78 is 5.75. The number of unbranched alkanes of at least 4 members (excludes halogenated alkanes) is 3. The van der Waals surface area contributed by atoms with Crippen LogP contribution in [-0.2, 0) is 22.5 Å². The molecule has 0 bridgehead atoms. The molecule has 0 fully saturated rings. The van der Waals surface area contributed by atoms with Crippen molar-refractivity contribution < 1.29 is 9.53 Å². The second-order valence-corrected chi connectivity index (χ2v) is 6.78. The van der Waals surface area contributed by atoms with Crippen LogP contribution in [0.5, 0.6) is 0 Å². The molecule has 0 saturated heterocycles. The van der Waals surface area contributed by atoms with E-state index >= 15 is 0 Å². The lowest BCUT2D eigenvalue weighted by atomic mass is 10.1. The van der Waals surface area contributed by atoms with E-state index < -0.39 is 0 Å². The molecule has 4 nitrogen and oxygen atoms in total. The van der Waals surface area contributed by atoms with Crippen LogP contribution in [0.4, 0.5) is 5.69 Å². The molecule has 2 aromatic rings. The summed E-state index contributed by atoms with van der Waals surface area (Å²) >= 11 is 0. The molecule has 2 aromatic carbocycles. The van der Waals surface area contributed by atoms with Gasteiger partial charge < -0.3 is 15.4 Å². The van der Waals surface area contributed by atoms with Crippen LogP contribution in [0.2, 0.25) is 0 Å². The zero-order valence-electron chi connectivity index (χ0n) is 16.4. The lowest BCUT2D eigenvalue weighted by Gasteiger charge is -2.10. The van der Waals surface area contributed by atoms with E-state index in [4.69, 9.17) is 4.74 Å². The Balaban J connectivity index is 1.44. The molecule has 0 radical (unpaired) electrons. The molecular weight excluding hydrogens is 336 g/mol. The van der Waals surface area contributed by atoms with Crippen molar-refractivity contribution >= 4 is 11.6 Å². The van der Waals surface area contributed by atoms with Crippen LogP contribution in [0.15, 0.2) is 54.6 Å². The van der Waals surface area contributed by atoms with E-state index in [1.165, 1.54) is 31.7 Å². The number of rotatable bonds is 13. The first-order valence-electron chi connectivity index (χ1n) is 9.93. The van der Waals surface area contributed by atoms with Crippen molar-refractivity contribution in [1.29, 1.82) is 0 Å². The number of amides is 1. The van der Waals surface area contributed by atoms with E-state index in [0.717, 1.165) is 43.8 Å². The standard InChI is InChI=1S/C23H32N2O2/c1-20(26)25-23-14-8-7-13-22(23)15-18-27-17-10-3-2-9-16-24-19-21-11-5-4-6-12-21/h4-8,11-14,24H,2-3,9-10,15-19H2,1H3,(H,25,26). The lowest BCUT2D eigenvalue weighted by molar-refractivity contribution is -0.114. The van der Waals surface area contributed by atoms with Gasteiger partial charge in [0.25, 0.3) is 0 Å². The van der Waals surface area contributed by atoms with Crippen molar-refractivity contribution in [2.75, 3.05) is 25.1 Å². The summed E-state index contributed by atoms with van der Waals surface area (Å²) in [6.45, 7) is 5.04. The van der Waals surface area contributed by atoms with Crippen LogP contribution >= 0.6 is 0 Å². The van der Waals surface area contributed by atoms with Gasteiger partial charge in [0.05, 0.1) is 6.61 Å². The Morgan fingerprint density at radius 1 is 0.889 bits per heavy atom. The van der Waals surface area contributed by atoms with Gasteiger partial charge in [0, 0.05) is 25.8 Å². The molecule has 0 aliphatic carbocycles. The molecule has 0 heterocycles. The van der Waals surface area contributed by atoms with Gasteiger partial charge in [-0.1, -0.05) is 61.4 Å². The van der Waals surface area contributed by atoms with Gasteiger partial charge >= 0.3 is 0 Å². The largest absolute Gasteiger partial charge is 0.381 e. The summed E-state index contributed by atoms with van der Waals surface area (Å²) in [7, 11) is 0. The van der Waals surface area contributed by atoms with E-state index in [2.05, 4.69) is 34.9 Å². The van der Waals surface area contributed by atoms with Crippen LogP contribution in [-0.4, -0.2) is 25.7 Å². The number of ether oxygens (including phenoxy) is 1. The molecule has 4 heteroatoms. The van der Waals surface area contributed by atoms with Crippen molar-refractivity contribution in [1.82, 2.24) is 5.32 Å². The van der Waals surface area contributed by atoms with E-state index in [9.17, 15) is 4.79 Å². The fraction of sp³-hybridized carbons (Fsp3) is 0.435. The molecule has 1 amide bonds. The molecule has 0 aromatic heterocycles. The minimum atomic E-state index is -0.0402. The molecule has 0 spiro atoms. The Labute approximate surface area is 163 Å². The van der Waals surface area contributed by atoms with Gasteiger partial charge in [-0.2, -0.15) is 0 Å². The predicted octanol–water partition coefficient (Wildman–Crippen LogP) is 4.55. The Morgan fingerprint density at radius 3 is 2.44 bits per heavy atom. The van der Waals surface area contributed by atoms with Crippen LogP contribution in [0.25, 0.3) is 0 Å². The number of benzene rings is 2. The summed E-state index contributed by atoms with van der Waals surface area (Å²) in [5.74, 6) is -0.0402. The van der Waals surface area contributed by atoms with E-state index in [0.29, 0.717) is 6.61 Å². The number of anilines is 1. The molecule has 2 N–H and O–H groups in total. The summed E-state index contributed by atoms with van der Waals surface area (Å²) in [4.78, 5) is 11.2. The van der Waals surface area contributed by atoms with E-state index in [1.54, 1.807) is 0 Å². The Kier molecular flexibility index (Phi) is 10.2. The molecule has 0 saturated carbocycles. The summed E-state index contributed by atoms with van der Waals surface area (Å²) in [6, 6.07) is 18.4. The Bertz CT molecular complexity index is 658. The van der Waals surface area contributed by atoms with Gasteiger partial charge in [-0.3, -0.25) is 4.79 Å². The average Bonchev–Trinajstić information content (AvgIpc) is 2.67. The van der Waals surface area contributed by atoms with Gasteiger partial charge in [-0.05, 0) is 43.0 Å². The minimum absolute atomic E-state index is 0.0402. The molecule has 2 rings (SSSR count). The number of hydrogen-bond donors (Lipinski definition) is 2. The highest BCUT2D eigenvalue weighted by molar-refractivity contribution is 5.89. The summed E-state index contributed by atoms with van der Waals surface area (Å²) in [5, 5.41) is 6.36. The molecule has 27 heavy (non-hydrogen) atoms. The van der Waals surface area contributed by atoms with Crippen molar-refractivity contribution in [3.05, 3.63) is 65.7 Å². The molecule has 0 atom stereocenters. The second kappa shape index (κ2) is 13.1. The third kappa shape index (κ3) is 9.36. The first kappa shape index (κ1) is 21.1. The van der Waals surface area contributed by atoms with Crippen molar-refractivity contribution in [2.24, 2.45) is 0 Å². The number of carbonyl (C=O) groups is 1. The third-order valence-electron chi connectivity index (χ3n) is 4.41. The van der Waals surface area contributed by atoms with Gasteiger partial charge in [-0.25, -0.2) is 0 Å². The quantitative estimate of drug-likeness (QED) is 0.510. The third-order valence-corrected chi connectivity index (χ3v) is 4.41. The normalized spacial score (nSPS) is 10.7. The van der Waals surface area contributed by atoms with Crippen LogP contribution in [0, 0.1) is 0 Å². The molecule has 0 unspecified atom stereocenters. The first-order chi connectivity index (χ1) is 13.3. The monoisotopic (exact) mass is 368 g/mol. The lowest BCUT2D eigenvalue weighted by Crippen LogP contribution is -2.14. The maximum absolute atomic E-state index is 11.2. The zero-order valence-corrected chi connectivity index (χ0v) is 16.4. The van der Waals surface area contributed by atoms with Crippen molar-refractivity contribution in [2.45, 2.75) is 45.6 Å². The van der Waals surface area contributed by atoms with Crippen LogP contribution in [0.1, 0.15) is 43.7 Å². The molecule has 0 aliphatic rings. The van der Waals surface area contributed by atoms with Crippen molar-refractivity contribution in [3.63, 3.8) is 0 Å². The number of hydrogen-bond acceptors (Lipinski definition) is 3. The van der Waals surface area contributed by atoms with Crippen LogP contribution in [0.3, 0.4) is 0 Å². The first-order valence-corrected chi connectivity index (χ1v) is 9.93. The van der Waals surface area contributed by atoms with Crippen molar-refractivity contribution in [3.8, 4) is 0 Å². The van der Waals surface area contributed by atoms with E-state index in [1.807, 2.05) is 30.3 Å². The highest BCUT2D eigenvalue weighted by Crippen LogP contribution is 2.15. The summed E-state index contributed by atoms with van der Waals surface area (Å²) in [6.07, 6.45) is 5.56. The summed E-state index contributed by atoms with van der Waals surface area (Å²) in [5.41, 5.74) is 3.35. The molecule has 0 aliphatic heterocycles. The fourth-order valence-electron chi connectivity index (χ4n) is 2.97. The van der Waals surface area contributed by atoms with Gasteiger partial charge in [0.1, 0.15) is 0 Å². The number of carbonyl (C=O) groups excluding carboxylic acids is 1. The topological polar surface area (TPSA) is 50.4 Å². The smallest absolute Gasteiger partial charge is 0.221 e. The Morgan fingerprint density at radius 2 is 1.63 bits per heavy atom. The minimum Gasteiger partial charge on any atom is -0.381 e. The molecular formula is C23H32N2O2. The Hall–Kier alpha value is -2.17. The molecule has 146 valence electrons. The second-order valence-electron chi connectivity index (χ2n) is 6.78. The highest BCUT2D eigenvalue weighted by atomic mass is 16.5. The maximum Gasteiger partial charge on any atom is 0.221 e. The zero-order chi connectivity index (χ0) is 19.2. The number of nitrogens with one attached hydrogen (secondary N) is 2. The highest BCUT2D eigenvalue weighted by Gasteiger charge is 2.03. The SMILES string of the molecule is CC(=O)Nc1ccccc1CCOCCCCCCNCc1ccccc1. The van der Waals surface area contributed by atoms with E-state index in [-0.39, 0.29) is 5.91 Å². The van der Waals surface area contributed by atoms with Gasteiger partial charge in [0.15, 0.2) is 0 Å². The average molecular weight is 369 g/mol. The number of para-hydroxylation sites is 1.